The fourth-order valence-corrected chi connectivity index (χ4v) is 1.82. The van der Waals surface area contributed by atoms with E-state index in [4.69, 9.17) is 5.26 Å². The Morgan fingerprint density at radius 2 is 2.24 bits per heavy atom. The lowest BCUT2D eigenvalue weighted by atomic mass is 9.97. The number of halogens is 1. The van der Waals surface area contributed by atoms with Crippen LogP contribution in [0.4, 0.5) is 5.82 Å². The minimum Gasteiger partial charge on any atom is -0.309 e. The first-order valence-electron chi connectivity index (χ1n) is 5.28. The van der Waals surface area contributed by atoms with Crippen molar-refractivity contribution in [2.24, 2.45) is 11.8 Å². The number of nitrogens with one attached hydrogen (secondary N) is 1. The molecule has 0 radical (unpaired) electrons. The van der Waals surface area contributed by atoms with Gasteiger partial charge in [0.05, 0.1) is 6.07 Å². The van der Waals surface area contributed by atoms with E-state index in [1.54, 1.807) is 6.20 Å². The van der Waals surface area contributed by atoms with Gasteiger partial charge in [-0.3, -0.25) is 4.79 Å². The molecule has 1 atom stereocenters. The van der Waals surface area contributed by atoms with E-state index in [1.807, 2.05) is 32.9 Å². The Morgan fingerprint density at radius 1 is 1.59 bits per heavy atom. The Balaban J connectivity index is 2.85. The predicted octanol–water partition coefficient (Wildman–Crippen LogP) is 2.89. The van der Waals surface area contributed by atoms with E-state index in [0.29, 0.717) is 5.82 Å². The van der Waals surface area contributed by atoms with Crippen molar-refractivity contribution < 1.29 is 4.79 Å². The van der Waals surface area contributed by atoms with Gasteiger partial charge >= 0.3 is 0 Å². The lowest BCUT2D eigenvalue weighted by molar-refractivity contribution is -0.119. The predicted molar refractivity (Wildman–Crippen MR) is 69.2 cm³/mol. The second kappa shape index (κ2) is 5.78. The lowest BCUT2D eigenvalue weighted by Crippen LogP contribution is -2.26. The normalized spacial score (nSPS) is 12.0. The summed E-state index contributed by atoms with van der Waals surface area (Å²) in [6.45, 7) is 5.54. The molecule has 1 aromatic rings. The molecule has 1 N–H and O–H groups in total. The zero-order valence-corrected chi connectivity index (χ0v) is 11.6. The van der Waals surface area contributed by atoms with Gasteiger partial charge in [0.15, 0.2) is 0 Å². The van der Waals surface area contributed by atoms with Crippen molar-refractivity contribution in [2.45, 2.75) is 20.8 Å². The molecule has 0 saturated carbocycles. The van der Waals surface area contributed by atoms with Gasteiger partial charge in [-0.25, -0.2) is 4.98 Å². The first-order chi connectivity index (χ1) is 7.95. The van der Waals surface area contributed by atoms with Gasteiger partial charge in [0.1, 0.15) is 11.7 Å². The van der Waals surface area contributed by atoms with Gasteiger partial charge in [0.2, 0.25) is 5.91 Å². The average molecular weight is 296 g/mol. The summed E-state index contributed by atoms with van der Waals surface area (Å²) in [4.78, 5) is 15.9. The lowest BCUT2D eigenvalue weighted by Gasteiger charge is -2.13. The number of pyridine rings is 1. The summed E-state index contributed by atoms with van der Waals surface area (Å²) < 4.78 is 0.855. The standard InChI is InChI=1S/C12H14BrN3O/c1-7(2)10(5-14)12(17)16-11-8(3)4-9(13)6-15-11/h4,6-7,10H,1-3H3,(H,15,16,17). The molecule has 0 aliphatic carbocycles. The Bertz CT molecular complexity index is 465. The summed E-state index contributed by atoms with van der Waals surface area (Å²) in [7, 11) is 0. The first-order valence-corrected chi connectivity index (χ1v) is 6.07. The van der Waals surface area contributed by atoms with E-state index in [1.165, 1.54) is 0 Å². The molecule has 0 bridgehead atoms. The van der Waals surface area contributed by atoms with Crippen LogP contribution in [-0.4, -0.2) is 10.9 Å². The van der Waals surface area contributed by atoms with Crippen LogP contribution >= 0.6 is 15.9 Å². The number of aromatic nitrogens is 1. The van der Waals surface area contributed by atoms with Crippen LogP contribution in [0.1, 0.15) is 19.4 Å². The molecule has 4 nitrogen and oxygen atoms in total. The van der Waals surface area contributed by atoms with Crippen LogP contribution in [0.2, 0.25) is 0 Å². The van der Waals surface area contributed by atoms with E-state index in [2.05, 4.69) is 26.2 Å². The van der Waals surface area contributed by atoms with Crippen molar-refractivity contribution in [2.75, 3.05) is 5.32 Å². The average Bonchev–Trinajstić information content (AvgIpc) is 2.22. The van der Waals surface area contributed by atoms with Crippen molar-refractivity contribution in [3.8, 4) is 6.07 Å². The van der Waals surface area contributed by atoms with Gasteiger partial charge in [-0.05, 0) is 40.4 Å². The van der Waals surface area contributed by atoms with Crippen LogP contribution in [0, 0.1) is 30.1 Å². The maximum atomic E-state index is 11.8. The second-order valence-corrected chi connectivity index (χ2v) is 5.07. The van der Waals surface area contributed by atoms with Crippen LogP contribution in [0.15, 0.2) is 16.7 Å². The number of amides is 1. The fourth-order valence-electron chi connectivity index (χ4n) is 1.38. The summed E-state index contributed by atoms with van der Waals surface area (Å²) in [5.41, 5.74) is 0.855. The Labute approximate surface area is 109 Å². The molecule has 1 rings (SSSR count). The molecular formula is C12H14BrN3O. The minimum atomic E-state index is -0.653. The van der Waals surface area contributed by atoms with E-state index >= 15 is 0 Å². The number of rotatable bonds is 3. The third kappa shape index (κ3) is 3.53. The number of hydrogen-bond acceptors (Lipinski definition) is 3. The Morgan fingerprint density at radius 3 is 2.71 bits per heavy atom. The van der Waals surface area contributed by atoms with Gasteiger partial charge < -0.3 is 5.32 Å². The minimum absolute atomic E-state index is 0.0178. The number of hydrogen-bond donors (Lipinski definition) is 1. The van der Waals surface area contributed by atoms with Crippen molar-refractivity contribution in [3.63, 3.8) is 0 Å². The molecule has 0 aliphatic rings. The smallest absolute Gasteiger partial charge is 0.243 e. The van der Waals surface area contributed by atoms with Crippen LogP contribution in [0.3, 0.4) is 0 Å². The maximum Gasteiger partial charge on any atom is 0.243 e. The molecule has 0 spiro atoms. The molecule has 0 aliphatic heterocycles. The quantitative estimate of drug-likeness (QED) is 0.932. The first kappa shape index (κ1) is 13.7. The zero-order chi connectivity index (χ0) is 13.0. The molecule has 1 aromatic heterocycles. The SMILES string of the molecule is Cc1cc(Br)cnc1NC(=O)C(C#N)C(C)C. The van der Waals surface area contributed by atoms with E-state index in [-0.39, 0.29) is 11.8 Å². The number of nitrogens with zero attached hydrogens (tertiary/aromatic N) is 2. The molecular weight excluding hydrogens is 282 g/mol. The van der Waals surface area contributed by atoms with Crippen molar-refractivity contribution in [1.29, 1.82) is 5.26 Å². The number of nitriles is 1. The van der Waals surface area contributed by atoms with Crippen LogP contribution in [0.5, 0.6) is 0 Å². The number of carbonyl (C=O) groups is 1. The second-order valence-electron chi connectivity index (χ2n) is 4.16. The van der Waals surface area contributed by atoms with E-state index in [9.17, 15) is 4.79 Å². The van der Waals surface area contributed by atoms with Gasteiger partial charge in [0, 0.05) is 10.7 Å². The van der Waals surface area contributed by atoms with Crippen molar-refractivity contribution >= 4 is 27.7 Å². The molecule has 0 fully saturated rings. The zero-order valence-electron chi connectivity index (χ0n) is 9.99. The highest BCUT2D eigenvalue weighted by Crippen LogP contribution is 2.18. The summed E-state index contributed by atoms with van der Waals surface area (Å²) in [5.74, 6) is -0.477. The van der Waals surface area contributed by atoms with Crippen LogP contribution < -0.4 is 5.32 Å². The number of aryl methyl sites for hydroxylation is 1. The third-order valence-corrected chi connectivity index (χ3v) is 2.81. The molecule has 17 heavy (non-hydrogen) atoms. The number of anilines is 1. The highest BCUT2D eigenvalue weighted by molar-refractivity contribution is 9.10. The summed E-state index contributed by atoms with van der Waals surface area (Å²) >= 11 is 3.30. The van der Waals surface area contributed by atoms with Gasteiger partial charge in [-0.2, -0.15) is 5.26 Å². The summed E-state index contributed by atoms with van der Waals surface area (Å²) in [5, 5.41) is 11.6. The Kier molecular flexibility index (Phi) is 4.64. The third-order valence-electron chi connectivity index (χ3n) is 2.37. The van der Waals surface area contributed by atoms with Gasteiger partial charge in [-0.1, -0.05) is 13.8 Å². The summed E-state index contributed by atoms with van der Waals surface area (Å²) in [6.07, 6.45) is 1.61. The molecule has 1 heterocycles. The molecule has 5 heteroatoms. The molecule has 0 aromatic carbocycles. The monoisotopic (exact) mass is 295 g/mol. The topological polar surface area (TPSA) is 65.8 Å². The highest BCUT2D eigenvalue weighted by atomic mass is 79.9. The van der Waals surface area contributed by atoms with Crippen molar-refractivity contribution in [1.82, 2.24) is 4.98 Å². The molecule has 0 saturated heterocycles. The van der Waals surface area contributed by atoms with Crippen LogP contribution in [0.25, 0.3) is 0 Å². The van der Waals surface area contributed by atoms with Gasteiger partial charge in [-0.15, -0.1) is 0 Å². The molecule has 1 unspecified atom stereocenters. The summed E-state index contributed by atoms with van der Waals surface area (Å²) in [6, 6.07) is 3.86. The van der Waals surface area contributed by atoms with Crippen LogP contribution in [-0.2, 0) is 4.79 Å². The largest absolute Gasteiger partial charge is 0.309 e. The number of carbonyl (C=O) groups excluding carboxylic acids is 1. The highest BCUT2D eigenvalue weighted by Gasteiger charge is 2.22. The fraction of sp³-hybridized carbons (Fsp3) is 0.417. The molecule has 90 valence electrons. The van der Waals surface area contributed by atoms with Crippen molar-refractivity contribution in [3.05, 3.63) is 22.3 Å². The van der Waals surface area contributed by atoms with Gasteiger partial charge in [0.25, 0.3) is 0 Å². The molecule has 1 amide bonds. The van der Waals surface area contributed by atoms with E-state index in [0.717, 1.165) is 10.0 Å². The van der Waals surface area contributed by atoms with E-state index < -0.39 is 5.92 Å². The maximum absolute atomic E-state index is 11.8. The Hall–Kier alpha value is -1.41.